The second-order valence-electron chi connectivity index (χ2n) is 3.61. The Hall–Kier alpha value is -1.52. The molecule has 2 rings (SSSR count). The summed E-state index contributed by atoms with van der Waals surface area (Å²) in [7, 11) is 1.61. The van der Waals surface area contributed by atoms with Gasteiger partial charge in [0.25, 0.3) is 0 Å². The molecule has 0 bridgehead atoms. The predicted octanol–water partition coefficient (Wildman–Crippen LogP) is 3.53. The van der Waals surface area contributed by atoms with E-state index in [4.69, 9.17) is 22.1 Å². The Morgan fingerprint density at radius 1 is 1.44 bits per heavy atom. The molecule has 0 aliphatic rings. The molecule has 0 aliphatic carbocycles. The summed E-state index contributed by atoms with van der Waals surface area (Å²) in [5.41, 5.74) is 7.64. The van der Waals surface area contributed by atoms with E-state index in [0.29, 0.717) is 23.2 Å². The molecule has 0 atom stereocenters. The fraction of sp³-hybridized carbons (Fsp3) is 0.154. The van der Waals surface area contributed by atoms with Gasteiger partial charge < -0.3 is 10.5 Å². The van der Waals surface area contributed by atoms with Crippen molar-refractivity contribution in [3.8, 4) is 5.75 Å². The fourth-order valence-electron chi connectivity index (χ4n) is 1.52. The van der Waals surface area contributed by atoms with Crippen molar-refractivity contribution in [2.75, 3.05) is 7.11 Å². The number of halogens is 1. The average Bonchev–Trinajstić information content (AvgIpc) is 2.92. The number of rotatable bonds is 4. The van der Waals surface area contributed by atoms with Gasteiger partial charge in [0.1, 0.15) is 17.3 Å². The Balaban J connectivity index is 2.40. The van der Waals surface area contributed by atoms with Gasteiger partial charge in [-0.3, -0.25) is 0 Å². The largest absolute Gasteiger partial charge is 0.494 e. The van der Waals surface area contributed by atoms with Crippen LogP contribution in [0.1, 0.15) is 10.4 Å². The smallest absolute Gasteiger partial charge is 0.144 e. The molecule has 0 spiro atoms. The monoisotopic (exact) mass is 280 g/mol. The molecule has 1 aromatic heterocycles. The SMILES string of the molecule is COc1ccc(CCl)cc1N=C(N)c1cccs1. The van der Waals surface area contributed by atoms with E-state index in [2.05, 4.69) is 4.99 Å². The van der Waals surface area contributed by atoms with Crippen LogP contribution in [0.25, 0.3) is 0 Å². The lowest BCUT2D eigenvalue weighted by Gasteiger charge is -2.06. The van der Waals surface area contributed by atoms with E-state index >= 15 is 0 Å². The van der Waals surface area contributed by atoms with Gasteiger partial charge in [0.2, 0.25) is 0 Å². The van der Waals surface area contributed by atoms with E-state index in [1.165, 1.54) is 0 Å². The molecule has 1 aromatic carbocycles. The first-order chi connectivity index (χ1) is 8.74. The number of hydrogen-bond acceptors (Lipinski definition) is 3. The minimum Gasteiger partial charge on any atom is -0.494 e. The van der Waals surface area contributed by atoms with Crippen molar-refractivity contribution in [1.29, 1.82) is 0 Å². The third-order valence-electron chi connectivity index (χ3n) is 2.41. The van der Waals surface area contributed by atoms with E-state index < -0.39 is 0 Å². The molecule has 2 N–H and O–H groups in total. The van der Waals surface area contributed by atoms with Crippen LogP contribution in [0.5, 0.6) is 5.75 Å². The summed E-state index contributed by atoms with van der Waals surface area (Å²) in [5.74, 6) is 1.60. The standard InChI is InChI=1S/C13H13ClN2OS/c1-17-11-5-4-9(8-14)7-10(11)16-13(15)12-3-2-6-18-12/h2-7H,8H2,1H3,(H2,15,16). The molecule has 94 valence electrons. The maximum atomic E-state index is 5.96. The zero-order chi connectivity index (χ0) is 13.0. The number of amidine groups is 1. The van der Waals surface area contributed by atoms with E-state index in [0.717, 1.165) is 10.4 Å². The van der Waals surface area contributed by atoms with Gasteiger partial charge in [0.15, 0.2) is 0 Å². The molecular weight excluding hydrogens is 268 g/mol. The molecule has 5 heteroatoms. The highest BCUT2D eigenvalue weighted by molar-refractivity contribution is 7.12. The van der Waals surface area contributed by atoms with Gasteiger partial charge in [-0.2, -0.15) is 0 Å². The van der Waals surface area contributed by atoms with Crippen molar-refractivity contribution in [2.45, 2.75) is 5.88 Å². The second kappa shape index (κ2) is 5.89. The minimum absolute atomic E-state index is 0.436. The number of nitrogens with zero attached hydrogens (tertiary/aromatic N) is 1. The molecule has 0 fully saturated rings. The van der Waals surface area contributed by atoms with Gasteiger partial charge >= 0.3 is 0 Å². The quantitative estimate of drug-likeness (QED) is 0.529. The summed E-state index contributed by atoms with van der Waals surface area (Å²) >= 11 is 7.36. The Morgan fingerprint density at radius 3 is 2.89 bits per heavy atom. The van der Waals surface area contributed by atoms with Crippen molar-refractivity contribution >= 4 is 34.5 Å². The van der Waals surface area contributed by atoms with E-state index in [1.807, 2.05) is 35.7 Å². The number of benzene rings is 1. The summed E-state index contributed by atoms with van der Waals surface area (Å²) in [5, 5.41) is 1.96. The number of methoxy groups -OCH3 is 1. The number of aliphatic imine (C=N–C) groups is 1. The predicted molar refractivity (Wildman–Crippen MR) is 77.3 cm³/mol. The van der Waals surface area contributed by atoms with Crippen LogP contribution in [0.2, 0.25) is 0 Å². The summed E-state index contributed by atoms with van der Waals surface area (Å²) in [4.78, 5) is 5.34. The molecule has 1 heterocycles. The van der Waals surface area contributed by atoms with Gasteiger partial charge in [-0.05, 0) is 29.1 Å². The third-order valence-corrected chi connectivity index (χ3v) is 3.61. The highest BCUT2D eigenvalue weighted by Gasteiger charge is 2.05. The molecule has 0 unspecified atom stereocenters. The molecule has 18 heavy (non-hydrogen) atoms. The van der Waals surface area contributed by atoms with Crippen LogP contribution in [0.3, 0.4) is 0 Å². The Kier molecular flexibility index (Phi) is 4.23. The Labute approximate surface area is 115 Å². The second-order valence-corrected chi connectivity index (χ2v) is 4.83. The molecule has 2 aromatic rings. The molecule has 3 nitrogen and oxygen atoms in total. The van der Waals surface area contributed by atoms with Crippen molar-refractivity contribution in [3.63, 3.8) is 0 Å². The van der Waals surface area contributed by atoms with Crippen molar-refractivity contribution < 1.29 is 4.74 Å². The van der Waals surface area contributed by atoms with Crippen LogP contribution >= 0.6 is 22.9 Å². The zero-order valence-electron chi connectivity index (χ0n) is 9.89. The molecule has 0 aliphatic heterocycles. The highest BCUT2D eigenvalue weighted by Crippen LogP contribution is 2.29. The van der Waals surface area contributed by atoms with Crippen LogP contribution in [0, 0.1) is 0 Å². The summed E-state index contributed by atoms with van der Waals surface area (Å²) in [6.07, 6.45) is 0. The maximum Gasteiger partial charge on any atom is 0.144 e. The number of hydrogen-bond donors (Lipinski definition) is 1. The van der Waals surface area contributed by atoms with Gasteiger partial charge in [-0.25, -0.2) is 4.99 Å². The lowest BCUT2D eigenvalue weighted by atomic mass is 10.2. The van der Waals surface area contributed by atoms with Crippen LogP contribution in [0.15, 0.2) is 40.7 Å². The lowest BCUT2D eigenvalue weighted by molar-refractivity contribution is 0.416. The highest BCUT2D eigenvalue weighted by atomic mass is 35.5. The minimum atomic E-state index is 0.436. The van der Waals surface area contributed by atoms with E-state index in [1.54, 1.807) is 18.4 Å². The number of nitrogens with two attached hydrogens (primary N) is 1. The molecule has 0 saturated heterocycles. The van der Waals surface area contributed by atoms with Crippen LogP contribution in [-0.2, 0) is 5.88 Å². The van der Waals surface area contributed by atoms with E-state index in [-0.39, 0.29) is 0 Å². The van der Waals surface area contributed by atoms with Gasteiger partial charge in [0, 0.05) is 5.88 Å². The first kappa shape index (κ1) is 12.9. The van der Waals surface area contributed by atoms with E-state index in [9.17, 15) is 0 Å². The fourth-order valence-corrected chi connectivity index (χ4v) is 2.31. The normalized spacial score (nSPS) is 11.6. The van der Waals surface area contributed by atoms with Crippen LogP contribution in [0.4, 0.5) is 5.69 Å². The third kappa shape index (κ3) is 2.83. The van der Waals surface area contributed by atoms with Crippen LogP contribution < -0.4 is 10.5 Å². The Bertz CT molecular complexity index is 552. The summed E-state index contributed by atoms with van der Waals surface area (Å²) in [6.45, 7) is 0. The topological polar surface area (TPSA) is 47.6 Å². The number of ether oxygens (including phenoxy) is 1. The summed E-state index contributed by atoms with van der Waals surface area (Å²) < 4.78 is 5.26. The number of alkyl halides is 1. The molecule has 0 saturated carbocycles. The van der Waals surface area contributed by atoms with Gasteiger partial charge in [-0.1, -0.05) is 12.1 Å². The first-order valence-corrected chi connectivity index (χ1v) is 6.77. The first-order valence-electron chi connectivity index (χ1n) is 5.35. The van der Waals surface area contributed by atoms with Crippen molar-refractivity contribution in [1.82, 2.24) is 0 Å². The maximum absolute atomic E-state index is 5.96. The lowest BCUT2D eigenvalue weighted by Crippen LogP contribution is -2.10. The molecular formula is C13H13ClN2OS. The van der Waals surface area contributed by atoms with Gasteiger partial charge in [0.05, 0.1) is 12.0 Å². The average molecular weight is 281 g/mol. The number of thiophene rings is 1. The van der Waals surface area contributed by atoms with Crippen LogP contribution in [-0.4, -0.2) is 12.9 Å². The zero-order valence-corrected chi connectivity index (χ0v) is 11.5. The summed E-state index contributed by atoms with van der Waals surface area (Å²) in [6, 6.07) is 9.51. The molecule has 0 radical (unpaired) electrons. The molecule has 0 amide bonds. The van der Waals surface area contributed by atoms with Crippen molar-refractivity contribution in [3.05, 3.63) is 46.2 Å². The van der Waals surface area contributed by atoms with Crippen molar-refractivity contribution in [2.24, 2.45) is 10.7 Å². The Morgan fingerprint density at radius 2 is 2.28 bits per heavy atom. The van der Waals surface area contributed by atoms with Gasteiger partial charge in [-0.15, -0.1) is 22.9 Å².